The van der Waals surface area contributed by atoms with Crippen molar-refractivity contribution in [3.8, 4) is 0 Å². The first-order valence-corrected chi connectivity index (χ1v) is 9.20. The van der Waals surface area contributed by atoms with Crippen LogP contribution in [0.1, 0.15) is 30.0 Å². The van der Waals surface area contributed by atoms with Crippen LogP contribution in [0, 0.1) is 17.6 Å². The van der Waals surface area contributed by atoms with Gasteiger partial charge in [0, 0.05) is 37.3 Å². The van der Waals surface area contributed by atoms with E-state index in [2.05, 4.69) is 28.9 Å². The number of likely N-dealkylation sites (tertiary alicyclic amines) is 1. The molecule has 1 amide bonds. The molecule has 2 aromatic rings. The summed E-state index contributed by atoms with van der Waals surface area (Å²) in [5, 5.41) is 2.85. The molecule has 0 aromatic heterocycles. The first-order chi connectivity index (χ1) is 13.1. The number of piperidine rings is 1. The van der Waals surface area contributed by atoms with Crippen molar-refractivity contribution in [1.29, 1.82) is 0 Å². The number of carbonyl (C=O) groups is 1. The third-order valence-electron chi connectivity index (χ3n) is 5.05. The molecule has 27 heavy (non-hydrogen) atoms. The predicted octanol–water partition coefficient (Wildman–Crippen LogP) is 4.22. The fourth-order valence-corrected chi connectivity index (χ4v) is 3.67. The summed E-state index contributed by atoms with van der Waals surface area (Å²) in [6.07, 6.45) is 3.23. The van der Waals surface area contributed by atoms with Crippen LogP contribution in [0.2, 0.25) is 0 Å². The summed E-state index contributed by atoms with van der Waals surface area (Å²) in [5.74, 6) is -1.31. The molecular formula is C22H24F2N2O. The third kappa shape index (κ3) is 4.80. The van der Waals surface area contributed by atoms with Crippen molar-refractivity contribution < 1.29 is 13.6 Å². The smallest absolute Gasteiger partial charge is 0.224 e. The highest BCUT2D eigenvalue weighted by atomic mass is 19.1. The van der Waals surface area contributed by atoms with Gasteiger partial charge in [0.25, 0.3) is 0 Å². The second kappa shape index (κ2) is 8.91. The molecule has 2 atom stereocenters. The van der Waals surface area contributed by atoms with E-state index in [1.54, 1.807) is 6.08 Å². The lowest BCUT2D eigenvalue weighted by atomic mass is 9.88. The van der Waals surface area contributed by atoms with Gasteiger partial charge in [0.2, 0.25) is 5.91 Å². The van der Waals surface area contributed by atoms with Crippen LogP contribution in [0.25, 0.3) is 0 Å². The van der Waals surface area contributed by atoms with Crippen LogP contribution in [-0.4, -0.2) is 23.9 Å². The van der Waals surface area contributed by atoms with E-state index in [1.165, 1.54) is 12.1 Å². The summed E-state index contributed by atoms with van der Waals surface area (Å²) in [6.45, 7) is 4.91. The maximum Gasteiger partial charge on any atom is 0.224 e. The molecule has 0 aliphatic carbocycles. The monoisotopic (exact) mass is 370 g/mol. The van der Waals surface area contributed by atoms with Crippen LogP contribution in [0.3, 0.4) is 0 Å². The number of rotatable bonds is 6. The number of halogens is 2. The van der Waals surface area contributed by atoms with Crippen LogP contribution < -0.4 is 5.32 Å². The van der Waals surface area contributed by atoms with Gasteiger partial charge in [-0.2, -0.15) is 0 Å². The normalized spacial score (nSPS) is 20.2. The summed E-state index contributed by atoms with van der Waals surface area (Å²) in [6, 6.07) is 13.8. The van der Waals surface area contributed by atoms with Gasteiger partial charge in [-0.3, -0.25) is 9.69 Å². The number of nitrogens with zero attached hydrogens (tertiary/aromatic N) is 1. The Hall–Kier alpha value is -2.53. The number of amides is 1. The summed E-state index contributed by atoms with van der Waals surface area (Å²) < 4.78 is 27.4. The molecule has 2 aromatic carbocycles. The first-order valence-electron chi connectivity index (χ1n) is 9.20. The van der Waals surface area contributed by atoms with Gasteiger partial charge in [0.1, 0.15) is 11.6 Å². The standard InChI is InChI=1S/C22H24F2N2O/c1-2-12-25-22(27)18-9-11-21(16-6-4-3-5-7-16)26(15-18)14-17-8-10-19(23)13-20(17)24/h2-8,10,13,18,21H,1,9,11-12,14-15H2,(H,25,27). The van der Waals surface area contributed by atoms with Gasteiger partial charge in [0.05, 0.1) is 5.92 Å². The topological polar surface area (TPSA) is 32.3 Å². The molecule has 1 aliphatic heterocycles. The molecule has 3 nitrogen and oxygen atoms in total. The highest BCUT2D eigenvalue weighted by Gasteiger charge is 2.33. The average molecular weight is 370 g/mol. The molecule has 2 unspecified atom stereocenters. The Kier molecular flexibility index (Phi) is 6.35. The Morgan fingerprint density at radius 1 is 1.19 bits per heavy atom. The molecule has 1 N–H and O–H groups in total. The van der Waals surface area contributed by atoms with Crippen molar-refractivity contribution in [2.24, 2.45) is 5.92 Å². The SMILES string of the molecule is C=CCNC(=O)C1CCC(c2ccccc2)N(Cc2ccc(F)cc2F)C1. The van der Waals surface area contributed by atoms with Crippen LogP contribution in [-0.2, 0) is 11.3 Å². The van der Waals surface area contributed by atoms with Gasteiger partial charge in [-0.1, -0.05) is 42.5 Å². The molecule has 1 heterocycles. The van der Waals surface area contributed by atoms with E-state index >= 15 is 0 Å². The highest BCUT2D eigenvalue weighted by molar-refractivity contribution is 5.79. The van der Waals surface area contributed by atoms with Crippen LogP contribution in [0.5, 0.6) is 0 Å². The molecule has 0 radical (unpaired) electrons. The molecule has 1 aliphatic rings. The van der Waals surface area contributed by atoms with Crippen molar-refractivity contribution in [3.63, 3.8) is 0 Å². The molecule has 0 spiro atoms. The molecule has 0 saturated carbocycles. The van der Waals surface area contributed by atoms with E-state index in [0.717, 1.165) is 24.5 Å². The summed E-state index contributed by atoms with van der Waals surface area (Å²) in [4.78, 5) is 14.5. The van der Waals surface area contributed by atoms with E-state index in [-0.39, 0.29) is 17.9 Å². The Balaban J connectivity index is 1.82. The van der Waals surface area contributed by atoms with Crippen LogP contribution in [0.4, 0.5) is 8.78 Å². The fraction of sp³-hybridized carbons (Fsp3) is 0.318. The number of benzene rings is 2. The molecule has 1 saturated heterocycles. The van der Waals surface area contributed by atoms with E-state index in [0.29, 0.717) is 25.2 Å². The fourth-order valence-electron chi connectivity index (χ4n) is 3.67. The van der Waals surface area contributed by atoms with Crippen LogP contribution in [0.15, 0.2) is 61.2 Å². The number of carbonyl (C=O) groups excluding carboxylic acids is 1. The zero-order valence-electron chi connectivity index (χ0n) is 15.2. The Morgan fingerprint density at radius 2 is 1.96 bits per heavy atom. The minimum atomic E-state index is -0.587. The van der Waals surface area contributed by atoms with E-state index in [9.17, 15) is 13.6 Å². The largest absolute Gasteiger partial charge is 0.352 e. The first kappa shape index (κ1) is 19.2. The van der Waals surface area contributed by atoms with E-state index in [4.69, 9.17) is 0 Å². The lowest BCUT2D eigenvalue weighted by Crippen LogP contribution is -2.44. The van der Waals surface area contributed by atoms with Crippen molar-refractivity contribution in [3.05, 3.63) is 83.9 Å². The lowest BCUT2D eigenvalue weighted by Gasteiger charge is -2.39. The molecule has 1 fully saturated rings. The van der Waals surface area contributed by atoms with Gasteiger partial charge in [-0.05, 0) is 24.5 Å². The Bertz CT molecular complexity index is 794. The molecule has 142 valence electrons. The van der Waals surface area contributed by atoms with Gasteiger partial charge in [-0.25, -0.2) is 8.78 Å². The number of nitrogens with one attached hydrogen (secondary N) is 1. The molecule has 0 bridgehead atoms. The minimum absolute atomic E-state index is 0.00834. The van der Waals surface area contributed by atoms with Gasteiger partial charge >= 0.3 is 0 Å². The molecular weight excluding hydrogens is 346 g/mol. The van der Waals surface area contributed by atoms with Crippen molar-refractivity contribution in [2.45, 2.75) is 25.4 Å². The quantitative estimate of drug-likeness (QED) is 0.772. The van der Waals surface area contributed by atoms with E-state index in [1.807, 2.05) is 18.2 Å². The van der Waals surface area contributed by atoms with Crippen LogP contribution >= 0.6 is 0 Å². The maximum absolute atomic E-state index is 14.2. The summed E-state index contributed by atoms with van der Waals surface area (Å²) in [5.41, 5.74) is 1.58. The number of hydrogen-bond donors (Lipinski definition) is 1. The average Bonchev–Trinajstić information content (AvgIpc) is 2.69. The highest BCUT2D eigenvalue weighted by Crippen LogP contribution is 2.35. The predicted molar refractivity (Wildman–Crippen MR) is 102 cm³/mol. The zero-order chi connectivity index (χ0) is 19.2. The third-order valence-corrected chi connectivity index (χ3v) is 5.05. The second-order valence-electron chi connectivity index (χ2n) is 6.90. The molecule has 5 heteroatoms. The minimum Gasteiger partial charge on any atom is -0.352 e. The molecule has 3 rings (SSSR count). The van der Waals surface area contributed by atoms with Gasteiger partial charge in [-0.15, -0.1) is 6.58 Å². The zero-order valence-corrected chi connectivity index (χ0v) is 15.2. The van der Waals surface area contributed by atoms with E-state index < -0.39 is 11.6 Å². The number of hydrogen-bond acceptors (Lipinski definition) is 2. The van der Waals surface area contributed by atoms with Crippen molar-refractivity contribution >= 4 is 5.91 Å². The second-order valence-corrected chi connectivity index (χ2v) is 6.90. The Morgan fingerprint density at radius 3 is 2.67 bits per heavy atom. The summed E-state index contributed by atoms with van der Waals surface area (Å²) >= 11 is 0. The van der Waals surface area contributed by atoms with Crippen molar-refractivity contribution in [2.75, 3.05) is 13.1 Å². The lowest BCUT2D eigenvalue weighted by molar-refractivity contribution is -0.127. The van der Waals surface area contributed by atoms with Gasteiger partial charge in [0.15, 0.2) is 0 Å². The summed E-state index contributed by atoms with van der Waals surface area (Å²) in [7, 11) is 0. The Labute approximate surface area is 158 Å². The van der Waals surface area contributed by atoms with Crippen molar-refractivity contribution in [1.82, 2.24) is 10.2 Å². The maximum atomic E-state index is 14.2. The van der Waals surface area contributed by atoms with Gasteiger partial charge < -0.3 is 5.32 Å².